The number of aromatic nitrogens is 4. The lowest BCUT2D eigenvalue weighted by Crippen LogP contribution is -2.32. The Bertz CT molecular complexity index is 935. The van der Waals surface area contributed by atoms with E-state index in [9.17, 15) is 0 Å². The number of hydrogen-bond donors (Lipinski definition) is 0. The summed E-state index contributed by atoms with van der Waals surface area (Å²) in [7, 11) is 0. The van der Waals surface area contributed by atoms with Crippen LogP contribution >= 0.6 is 0 Å². The number of fused-ring (bicyclic) bond motifs is 1. The zero-order chi connectivity index (χ0) is 17.4. The molecule has 0 aliphatic carbocycles. The summed E-state index contributed by atoms with van der Waals surface area (Å²) in [5, 5.41) is 8.51. The minimum atomic E-state index is 0.814. The van der Waals surface area contributed by atoms with Gasteiger partial charge in [0.05, 0.1) is 6.20 Å². The van der Waals surface area contributed by atoms with Gasteiger partial charge in [-0.05, 0) is 55.2 Å². The van der Waals surface area contributed by atoms with Gasteiger partial charge in [0, 0.05) is 54.9 Å². The van der Waals surface area contributed by atoms with Crippen LogP contribution in [0.3, 0.4) is 0 Å². The van der Waals surface area contributed by atoms with Crippen molar-refractivity contribution in [1.29, 1.82) is 0 Å². The van der Waals surface area contributed by atoms with E-state index in [1.165, 1.54) is 27.9 Å². The van der Waals surface area contributed by atoms with E-state index < -0.39 is 0 Å². The third kappa shape index (κ3) is 2.86. The molecule has 25 heavy (non-hydrogen) atoms. The maximum atomic E-state index is 4.71. The molecule has 0 fully saturated rings. The topological polar surface area (TPSA) is 54.8 Å². The molecular formula is C20H21N5. The van der Waals surface area contributed by atoms with Gasteiger partial charge in [-0.25, -0.2) is 0 Å². The molecule has 1 aliphatic rings. The van der Waals surface area contributed by atoms with Gasteiger partial charge in [0.2, 0.25) is 0 Å². The van der Waals surface area contributed by atoms with Crippen LogP contribution in [0.1, 0.15) is 27.9 Å². The zero-order valence-electron chi connectivity index (χ0n) is 14.8. The molecule has 126 valence electrons. The van der Waals surface area contributed by atoms with Gasteiger partial charge in [-0.3, -0.25) is 9.97 Å². The van der Waals surface area contributed by atoms with Crippen LogP contribution < -0.4 is 4.90 Å². The average Bonchev–Trinajstić information content (AvgIpc) is 2.63. The Hall–Kier alpha value is -2.82. The van der Waals surface area contributed by atoms with Crippen molar-refractivity contribution in [3.05, 3.63) is 64.9 Å². The lowest BCUT2D eigenvalue weighted by molar-refractivity contribution is 0.692. The van der Waals surface area contributed by atoms with E-state index in [2.05, 4.69) is 46.9 Å². The summed E-state index contributed by atoms with van der Waals surface area (Å²) in [5.74, 6) is 0.980. The number of hydrogen-bond acceptors (Lipinski definition) is 5. The monoisotopic (exact) mass is 331 g/mol. The Morgan fingerprint density at radius 1 is 1.04 bits per heavy atom. The summed E-state index contributed by atoms with van der Waals surface area (Å²) in [6, 6.07) is 4.28. The van der Waals surface area contributed by atoms with Crippen LogP contribution in [0, 0.1) is 20.8 Å². The van der Waals surface area contributed by atoms with Crippen molar-refractivity contribution < 1.29 is 0 Å². The highest BCUT2D eigenvalue weighted by Gasteiger charge is 2.21. The normalized spacial score (nSPS) is 13.6. The second-order valence-electron chi connectivity index (χ2n) is 6.67. The largest absolute Gasteiger partial charge is 0.350 e. The van der Waals surface area contributed by atoms with Crippen molar-refractivity contribution in [2.24, 2.45) is 0 Å². The Balaban J connectivity index is 1.70. The fourth-order valence-corrected chi connectivity index (χ4v) is 3.34. The Morgan fingerprint density at radius 2 is 1.92 bits per heavy atom. The molecular weight excluding hydrogens is 310 g/mol. The summed E-state index contributed by atoms with van der Waals surface area (Å²) in [4.78, 5) is 11.3. The van der Waals surface area contributed by atoms with Crippen LogP contribution in [0.15, 0.2) is 36.9 Å². The number of aryl methyl sites for hydroxylation is 2. The molecule has 5 heteroatoms. The Labute approximate surface area is 147 Å². The van der Waals surface area contributed by atoms with Crippen molar-refractivity contribution in [3.63, 3.8) is 0 Å². The van der Waals surface area contributed by atoms with Crippen molar-refractivity contribution >= 4 is 5.82 Å². The van der Waals surface area contributed by atoms with Crippen LogP contribution in [0.5, 0.6) is 0 Å². The van der Waals surface area contributed by atoms with Crippen molar-refractivity contribution in [1.82, 2.24) is 20.2 Å². The molecule has 0 amide bonds. The maximum Gasteiger partial charge on any atom is 0.154 e. The first-order valence-corrected chi connectivity index (χ1v) is 8.56. The molecule has 0 radical (unpaired) electrons. The van der Waals surface area contributed by atoms with Gasteiger partial charge < -0.3 is 4.90 Å². The van der Waals surface area contributed by atoms with Crippen molar-refractivity contribution in [2.45, 2.75) is 33.7 Å². The molecule has 5 nitrogen and oxygen atoms in total. The molecule has 0 aromatic carbocycles. The predicted octanol–water partition coefficient (Wildman–Crippen LogP) is 3.42. The van der Waals surface area contributed by atoms with Gasteiger partial charge in [0.1, 0.15) is 0 Å². The second-order valence-corrected chi connectivity index (χ2v) is 6.67. The minimum absolute atomic E-state index is 0.814. The van der Waals surface area contributed by atoms with Crippen molar-refractivity contribution in [2.75, 3.05) is 11.4 Å². The lowest BCUT2D eigenvalue weighted by atomic mass is 9.98. The summed E-state index contributed by atoms with van der Waals surface area (Å²) >= 11 is 0. The first kappa shape index (κ1) is 15.7. The summed E-state index contributed by atoms with van der Waals surface area (Å²) in [6.07, 6.45) is 8.45. The molecule has 3 aromatic rings. The molecule has 0 spiro atoms. The van der Waals surface area contributed by atoms with Gasteiger partial charge in [-0.1, -0.05) is 0 Å². The molecule has 4 rings (SSSR count). The Kier molecular flexibility index (Phi) is 3.92. The summed E-state index contributed by atoms with van der Waals surface area (Å²) in [5.41, 5.74) is 8.29. The molecule has 3 aromatic heterocycles. The van der Waals surface area contributed by atoms with Crippen LogP contribution in [-0.2, 0) is 13.0 Å². The average molecular weight is 331 g/mol. The van der Waals surface area contributed by atoms with Gasteiger partial charge >= 0.3 is 0 Å². The molecule has 4 heterocycles. The Morgan fingerprint density at radius 3 is 2.76 bits per heavy atom. The molecule has 0 bridgehead atoms. The van der Waals surface area contributed by atoms with Gasteiger partial charge in [-0.2, -0.15) is 5.10 Å². The highest BCUT2D eigenvalue weighted by atomic mass is 15.3. The molecule has 0 atom stereocenters. The standard InChI is InChI=1S/C20H21N5/c1-13-4-6-21-11-18(13)16-8-17-12-25(7-5-19(17)22-10-16)20-15(3)14(2)9-23-24-20/h4,6,8-11H,5,7,12H2,1-3H3. The van der Waals surface area contributed by atoms with E-state index in [-0.39, 0.29) is 0 Å². The molecule has 0 saturated carbocycles. The quantitative estimate of drug-likeness (QED) is 0.720. The fraction of sp³-hybridized carbons (Fsp3) is 0.300. The van der Waals surface area contributed by atoms with E-state index in [0.29, 0.717) is 0 Å². The van der Waals surface area contributed by atoms with Gasteiger partial charge in [0.15, 0.2) is 5.82 Å². The fourth-order valence-electron chi connectivity index (χ4n) is 3.34. The smallest absolute Gasteiger partial charge is 0.154 e. The minimum Gasteiger partial charge on any atom is -0.350 e. The number of pyridine rings is 2. The lowest BCUT2D eigenvalue weighted by Gasteiger charge is -2.30. The predicted molar refractivity (Wildman–Crippen MR) is 98.5 cm³/mol. The third-order valence-electron chi connectivity index (χ3n) is 5.02. The summed E-state index contributed by atoms with van der Waals surface area (Å²) in [6.45, 7) is 8.03. The van der Waals surface area contributed by atoms with E-state index >= 15 is 0 Å². The van der Waals surface area contributed by atoms with Crippen LogP contribution in [0.2, 0.25) is 0 Å². The molecule has 1 aliphatic heterocycles. The number of rotatable bonds is 2. The van der Waals surface area contributed by atoms with Crippen LogP contribution in [0.4, 0.5) is 5.82 Å². The van der Waals surface area contributed by atoms with E-state index in [4.69, 9.17) is 4.98 Å². The van der Waals surface area contributed by atoms with Crippen LogP contribution in [-0.4, -0.2) is 26.7 Å². The maximum absolute atomic E-state index is 4.71. The van der Waals surface area contributed by atoms with E-state index in [1.54, 1.807) is 0 Å². The first-order valence-electron chi connectivity index (χ1n) is 8.56. The first-order chi connectivity index (χ1) is 12.1. The molecule has 0 N–H and O–H groups in total. The highest BCUT2D eigenvalue weighted by Crippen LogP contribution is 2.29. The highest BCUT2D eigenvalue weighted by molar-refractivity contribution is 5.66. The number of nitrogens with zero attached hydrogens (tertiary/aromatic N) is 5. The third-order valence-corrected chi connectivity index (χ3v) is 5.02. The summed E-state index contributed by atoms with van der Waals surface area (Å²) < 4.78 is 0. The van der Waals surface area contributed by atoms with Crippen molar-refractivity contribution in [3.8, 4) is 11.1 Å². The van der Waals surface area contributed by atoms with Crippen LogP contribution in [0.25, 0.3) is 11.1 Å². The second kappa shape index (κ2) is 6.24. The molecule has 0 saturated heterocycles. The SMILES string of the molecule is Cc1ccncc1-c1cnc2c(c1)CN(c1nncc(C)c1C)CC2. The van der Waals surface area contributed by atoms with E-state index in [1.807, 2.05) is 30.9 Å². The van der Waals surface area contributed by atoms with Gasteiger partial charge in [-0.15, -0.1) is 5.10 Å². The van der Waals surface area contributed by atoms with Gasteiger partial charge in [0.25, 0.3) is 0 Å². The molecule has 0 unspecified atom stereocenters. The number of anilines is 1. The van der Waals surface area contributed by atoms with E-state index in [0.717, 1.165) is 36.5 Å². The zero-order valence-corrected chi connectivity index (χ0v) is 14.8.